The third-order valence-electron chi connectivity index (χ3n) is 6.87. The Morgan fingerprint density at radius 2 is 0.972 bits per heavy atom. The minimum Gasteiger partial charge on any atom is -0.179 e. The van der Waals surface area contributed by atoms with E-state index in [1.165, 1.54) is 5.56 Å². The summed E-state index contributed by atoms with van der Waals surface area (Å²) in [6.45, 7) is 0. The molecule has 0 amide bonds. The molecular formula is C30H30S6. The number of benzene rings is 4. The van der Waals surface area contributed by atoms with Crippen molar-refractivity contribution in [3.8, 4) is 0 Å². The molecule has 0 spiro atoms. The van der Waals surface area contributed by atoms with Gasteiger partial charge in [0.2, 0.25) is 0 Å². The smallest absolute Gasteiger partial charge is 0.0450 e. The molecule has 2 unspecified atom stereocenters. The lowest BCUT2D eigenvalue weighted by atomic mass is 9.59. The average molecular weight is 583 g/mol. The Hall–Kier alpha value is -1.02. The van der Waals surface area contributed by atoms with Crippen LogP contribution >= 0.6 is 75.8 Å². The molecule has 0 aromatic heterocycles. The Morgan fingerprint density at radius 3 is 1.42 bits per heavy atom. The second-order valence-electron chi connectivity index (χ2n) is 8.84. The molecule has 0 aliphatic carbocycles. The number of thiol groups is 6. The fourth-order valence-electron chi connectivity index (χ4n) is 5.32. The first-order valence-corrected chi connectivity index (χ1v) is 14.8. The SMILES string of the molecule is SCCCC(c1ccccc1S)C(c1ccccc1S)(c1ccccc1S)C(S)c1ccccc1S. The maximum Gasteiger partial charge on any atom is 0.0450 e. The number of hydrogen-bond donors (Lipinski definition) is 6. The van der Waals surface area contributed by atoms with Crippen molar-refractivity contribution < 1.29 is 0 Å². The molecule has 0 N–H and O–H groups in total. The first kappa shape index (κ1) is 28.0. The lowest BCUT2D eigenvalue weighted by molar-refractivity contribution is 0.362. The Morgan fingerprint density at radius 1 is 0.556 bits per heavy atom. The van der Waals surface area contributed by atoms with Crippen LogP contribution in [0.15, 0.2) is 117 Å². The van der Waals surface area contributed by atoms with Gasteiger partial charge in [-0.05, 0) is 65.1 Å². The van der Waals surface area contributed by atoms with E-state index >= 15 is 0 Å². The predicted molar refractivity (Wildman–Crippen MR) is 173 cm³/mol. The molecule has 0 radical (unpaired) electrons. The molecule has 6 heteroatoms. The fourth-order valence-corrected chi connectivity index (χ4v) is 7.59. The minimum atomic E-state index is -0.638. The summed E-state index contributed by atoms with van der Waals surface area (Å²) < 4.78 is 0. The van der Waals surface area contributed by atoms with E-state index in [1.54, 1.807) is 0 Å². The highest BCUT2D eigenvalue weighted by molar-refractivity contribution is 7.81. The second-order valence-corrected chi connectivity index (χ2v) is 11.7. The van der Waals surface area contributed by atoms with Crippen LogP contribution in [0.25, 0.3) is 0 Å². The molecule has 0 heterocycles. The lowest BCUT2D eigenvalue weighted by Crippen LogP contribution is -2.41. The van der Waals surface area contributed by atoms with Gasteiger partial charge in [0.05, 0.1) is 0 Å². The maximum atomic E-state index is 5.47. The van der Waals surface area contributed by atoms with E-state index < -0.39 is 5.41 Å². The van der Waals surface area contributed by atoms with Gasteiger partial charge in [-0.15, -0.1) is 50.5 Å². The standard InChI is InChI=1S/C30H30S6/c31-19-9-14-22(20-10-1-5-15-25(20)32)30(23-12-3-7-17-27(23)34,24-13-4-8-18-28(24)35)29(36)21-11-2-6-16-26(21)33/h1-8,10-13,15-18,22,29,31-36H,9,14,19H2. The molecule has 4 rings (SSSR count). The highest BCUT2D eigenvalue weighted by Gasteiger charge is 2.50. The van der Waals surface area contributed by atoms with Crippen molar-refractivity contribution in [1.82, 2.24) is 0 Å². The van der Waals surface area contributed by atoms with Gasteiger partial charge in [0.15, 0.2) is 0 Å². The van der Waals surface area contributed by atoms with Gasteiger partial charge in [-0.2, -0.15) is 25.3 Å². The third kappa shape index (κ3) is 5.41. The molecule has 0 fully saturated rings. The van der Waals surface area contributed by atoms with Gasteiger partial charge in [-0.25, -0.2) is 0 Å². The molecule has 0 aliphatic heterocycles. The summed E-state index contributed by atoms with van der Waals surface area (Å²) in [5.74, 6) is 0.794. The normalized spacial score (nSPS) is 13.4. The van der Waals surface area contributed by atoms with Crippen LogP contribution in [-0.2, 0) is 5.41 Å². The Kier molecular flexibility index (Phi) is 9.87. The molecule has 0 saturated carbocycles. The largest absolute Gasteiger partial charge is 0.179 e. The lowest BCUT2D eigenvalue weighted by Gasteiger charge is -2.48. The monoisotopic (exact) mass is 582 g/mol. The van der Waals surface area contributed by atoms with E-state index in [2.05, 4.69) is 79.4 Å². The van der Waals surface area contributed by atoms with E-state index in [-0.39, 0.29) is 11.2 Å². The molecule has 4 aromatic rings. The van der Waals surface area contributed by atoms with E-state index in [9.17, 15) is 0 Å². The van der Waals surface area contributed by atoms with Crippen LogP contribution < -0.4 is 0 Å². The molecule has 36 heavy (non-hydrogen) atoms. The van der Waals surface area contributed by atoms with Crippen molar-refractivity contribution in [2.45, 2.75) is 49.0 Å². The third-order valence-corrected chi connectivity index (χ3v) is 9.47. The molecule has 0 bridgehead atoms. The van der Waals surface area contributed by atoms with Gasteiger partial charge < -0.3 is 0 Å². The van der Waals surface area contributed by atoms with Crippen molar-refractivity contribution in [3.05, 3.63) is 119 Å². The molecule has 4 aromatic carbocycles. The number of hydrogen-bond acceptors (Lipinski definition) is 6. The predicted octanol–water partition coefficient (Wildman–Crippen LogP) is 9.29. The van der Waals surface area contributed by atoms with Crippen molar-refractivity contribution in [2.75, 3.05) is 5.75 Å². The quantitative estimate of drug-likeness (QED) is 0.104. The summed E-state index contributed by atoms with van der Waals surface area (Å²) >= 11 is 29.9. The van der Waals surface area contributed by atoms with Crippen LogP contribution in [0.2, 0.25) is 0 Å². The summed E-state index contributed by atoms with van der Waals surface area (Å²) in [5.41, 5.74) is 3.80. The van der Waals surface area contributed by atoms with E-state index in [4.69, 9.17) is 63.1 Å². The average Bonchev–Trinajstić information content (AvgIpc) is 2.88. The number of rotatable bonds is 9. The second kappa shape index (κ2) is 12.7. The highest BCUT2D eigenvalue weighted by Crippen LogP contribution is 2.60. The Bertz CT molecular complexity index is 1270. The van der Waals surface area contributed by atoms with Crippen LogP contribution in [0, 0.1) is 0 Å². The van der Waals surface area contributed by atoms with Crippen molar-refractivity contribution >= 4 is 75.8 Å². The molecular weight excluding hydrogens is 553 g/mol. The summed E-state index contributed by atoms with van der Waals surface area (Å²) in [6.07, 6.45) is 1.82. The highest BCUT2D eigenvalue weighted by atomic mass is 32.1. The fraction of sp³-hybridized carbons (Fsp3) is 0.200. The van der Waals surface area contributed by atoms with Crippen LogP contribution in [0.1, 0.15) is 46.3 Å². The molecule has 0 saturated heterocycles. The zero-order valence-corrected chi connectivity index (χ0v) is 25.1. The minimum absolute atomic E-state index is 0.00962. The summed E-state index contributed by atoms with van der Waals surface area (Å²) in [5, 5.41) is -0.259. The topological polar surface area (TPSA) is 0 Å². The molecule has 2 atom stereocenters. The van der Waals surface area contributed by atoms with E-state index in [1.807, 2.05) is 30.3 Å². The Labute approximate surface area is 248 Å². The van der Waals surface area contributed by atoms with Crippen LogP contribution in [0.5, 0.6) is 0 Å². The van der Waals surface area contributed by atoms with Crippen molar-refractivity contribution in [3.63, 3.8) is 0 Å². The van der Waals surface area contributed by atoms with Crippen LogP contribution in [-0.4, -0.2) is 5.75 Å². The van der Waals surface area contributed by atoms with Gasteiger partial charge in [-0.1, -0.05) is 72.8 Å². The van der Waals surface area contributed by atoms with Gasteiger partial charge >= 0.3 is 0 Å². The molecule has 0 nitrogen and oxygen atoms in total. The Balaban J connectivity index is 2.19. The summed E-state index contributed by atoms with van der Waals surface area (Å²) in [6, 6.07) is 33.3. The van der Waals surface area contributed by atoms with Gasteiger partial charge in [0, 0.05) is 36.2 Å². The van der Waals surface area contributed by atoms with Gasteiger partial charge in [0.1, 0.15) is 0 Å². The first-order chi connectivity index (χ1) is 17.4. The zero-order chi connectivity index (χ0) is 25.7. The first-order valence-electron chi connectivity index (χ1n) is 11.8. The zero-order valence-electron chi connectivity index (χ0n) is 19.7. The van der Waals surface area contributed by atoms with Crippen molar-refractivity contribution in [1.29, 1.82) is 0 Å². The van der Waals surface area contributed by atoms with E-state index in [0.717, 1.165) is 54.9 Å². The summed E-state index contributed by atoms with van der Waals surface area (Å²) in [4.78, 5) is 3.69. The molecule has 0 aliphatic rings. The molecule has 186 valence electrons. The summed E-state index contributed by atoms with van der Waals surface area (Å²) in [7, 11) is 0. The van der Waals surface area contributed by atoms with Gasteiger partial charge in [-0.3, -0.25) is 0 Å². The maximum absolute atomic E-state index is 5.47. The van der Waals surface area contributed by atoms with Gasteiger partial charge in [0.25, 0.3) is 0 Å². The van der Waals surface area contributed by atoms with Crippen molar-refractivity contribution in [2.24, 2.45) is 0 Å². The van der Waals surface area contributed by atoms with Crippen LogP contribution in [0.3, 0.4) is 0 Å². The van der Waals surface area contributed by atoms with E-state index in [0.29, 0.717) is 0 Å². The van der Waals surface area contributed by atoms with Crippen LogP contribution in [0.4, 0.5) is 0 Å².